The smallest absolute Gasteiger partial charge is 0.478 e. The fourth-order valence-corrected chi connectivity index (χ4v) is 2.59. The Kier molecular flexibility index (Phi) is 10.5. The van der Waals surface area contributed by atoms with Crippen molar-refractivity contribution in [3.05, 3.63) is 12.2 Å². The van der Waals surface area contributed by atoms with Crippen LogP contribution in [0.3, 0.4) is 0 Å². The largest absolute Gasteiger partial charge is 0.500 e. The molecule has 6 heteroatoms. The summed E-state index contributed by atoms with van der Waals surface area (Å²) in [5.74, 6) is -0.935. The molecule has 0 aromatic carbocycles. The van der Waals surface area contributed by atoms with E-state index in [-0.39, 0.29) is 5.57 Å². The molecule has 96 valence electrons. The van der Waals surface area contributed by atoms with Gasteiger partial charge in [0.05, 0.1) is 0 Å². The summed E-state index contributed by atoms with van der Waals surface area (Å²) in [6.45, 7) is 6.68. The van der Waals surface area contributed by atoms with Gasteiger partial charge in [0, 0.05) is 32.9 Å². The number of carboxylic acids is 1. The van der Waals surface area contributed by atoms with Crippen molar-refractivity contribution in [3.8, 4) is 0 Å². The number of carboxylic acid groups (broad SMARTS) is 1. The van der Waals surface area contributed by atoms with Crippen LogP contribution < -0.4 is 0 Å². The molecule has 0 fully saturated rings. The number of hydrogen-bond acceptors (Lipinski definition) is 4. The third-order valence-corrected chi connectivity index (χ3v) is 4.83. The summed E-state index contributed by atoms with van der Waals surface area (Å²) in [6.07, 6.45) is 1.03. The molecule has 0 aromatic heterocycles. The molecule has 1 N–H and O–H groups in total. The van der Waals surface area contributed by atoms with E-state index in [0.29, 0.717) is 0 Å². The highest BCUT2D eigenvalue weighted by atomic mass is 28.4. The second-order valence-corrected chi connectivity index (χ2v) is 6.22. The molecular formula is C10H22O5Si. The summed E-state index contributed by atoms with van der Waals surface area (Å²) in [4.78, 5) is 9.60. The molecule has 0 heterocycles. The zero-order valence-corrected chi connectivity index (χ0v) is 11.7. The number of carbonyl (C=O) groups is 1. The van der Waals surface area contributed by atoms with E-state index in [1.165, 1.54) is 6.92 Å². The van der Waals surface area contributed by atoms with Gasteiger partial charge in [0.15, 0.2) is 0 Å². The fourth-order valence-electron chi connectivity index (χ4n) is 0.862. The lowest BCUT2D eigenvalue weighted by atomic mass is 10.4. The molecule has 0 unspecified atom stereocenters. The first-order chi connectivity index (χ1) is 7.39. The molecule has 0 bridgehead atoms. The van der Waals surface area contributed by atoms with Crippen LogP contribution in [-0.2, 0) is 18.1 Å². The van der Waals surface area contributed by atoms with Crippen LogP contribution in [0.15, 0.2) is 12.2 Å². The van der Waals surface area contributed by atoms with Crippen LogP contribution in [-0.4, -0.2) is 41.2 Å². The van der Waals surface area contributed by atoms with Gasteiger partial charge in [-0.3, -0.25) is 0 Å². The van der Waals surface area contributed by atoms with E-state index in [9.17, 15) is 4.79 Å². The van der Waals surface area contributed by atoms with Crippen LogP contribution in [0.5, 0.6) is 0 Å². The standard InChI is InChI=1S/C6H16O3Si.C4H6O2/c1-5-6-10(7-2,8-3)9-4;1-3(2)4(5)6/h5-6H2,1-4H3;1H2,2H3,(H,5,6). The third kappa shape index (κ3) is 7.58. The van der Waals surface area contributed by atoms with Crippen LogP contribution in [0.1, 0.15) is 20.3 Å². The van der Waals surface area contributed by atoms with Crippen molar-refractivity contribution in [1.29, 1.82) is 0 Å². The molecule has 0 spiro atoms. The molecule has 0 aliphatic rings. The quantitative estimate of drug-likeness (QED) is 0.576. The zero-order valence-electron chi connectivity index (χ0n) is 10.7. The summed E-state index contributed by atoms with van der Waals surface area (Å²) >= 11 is 0. The van der Waals surface area contributed by atoms with Gasteiger partial charge in [-0.05, 0) is 6.92 Å². The van der Waals surface area contributed by atoms with Gasteiger partial charge in [0.25, 0.3) is 0 Å². The third-order valence-electron chi connectivity index (χ3n) is 1.85. The minimum absolute atomic E-state index is 0.176. The maximum absolute atomic E-state index is 9.60. The van der Waals surface area contributed by atoms with Crippen LogP contribution >= 0.6 is 0 Å². The lowest BCUT2D eigenvalue weighted by molar-refractivity contribution is -0.132. The van der Waals surface area contributed by atoms with E-state index in [0.717, 1.165) is 12.5 Å². The Morgan fingerprint density at radius 3 is 1.62 bits per heavy atom. The highest BCUT2D eigenvalue weighted by Gasteiger charge is 2.36. The van der Waals surface area contributed by atoms with Crippen molar-refractivity contribution < 1.29 is 23.2 Å². The lowest BCUT2D eigenvalue weighted by Gasteiger charge is -2.23. The van der Waals surface area contributed by atoms with Gasteiger partial charge in [-0.1, -0.05) is 19.9 Å². The molecular weight excluding hydrogens is 228 g/mol. The van der Waals surface area contributed by atoms with E-state index >= 15 is 0 Å². The van der Waals surface area contributed by atoms with Crippen molar-refractivity contribution in [2.75, 3.05) is 21.3 Å². The molecule has 0 radical (unpaired) electrons. The highest BCUT2D eigenvalue weighted by molar-refractivity contribution is 6.60. The van der Waals surface area contributed by atoms with Gasteiger partial charge in [-0.25, -0.2) is 4.79 Å². The van der Waals surface area contributed by atoms with E-state index in [1.807, 2.05) is 0 Å². The summed E-state index contributed by atoms with van der Waals surface area (Å²) < 4.78 is 15.5. The molecule has 0 aromatic rings. The van der Waals surface area contributed by atoms with Crippen LogP contribution in [0.2, 0.25) is 6.04 Å². The first-order valence-electron chi connectivity index (χ1n) is 4.93. The van der Waals surface area contributed by atoms with E-state index in [2.05, 4.69) is 13.5 Å². The number of aliphatic carboxylic acids is 1. The monoisotopic (exact) mass is 250 g/mol. The Morgan fingerprint density at radius 1 is 1.25 bits per heavy atom. The molecule has 0 saturated heterocycles. The molecule has 0 rings (SSSR count). The van der Waals surface area contributed by atoms with Crippen molar-refractivity contribution in [2.24, 2.45) is 0 Å². The summed E-state index contributed by atoms with van der Waals surface area (Å²) in [7, 11) is 2.68. The van der Waals surface area contributed by atoms with Gasteiger partial charge in [0.2, 0.25) is 0 Å². The summed E-state index contributed by atoms with van der Waals surface area (Å²) in [5, 5.41) is 7.89. The second-order valence-electron chi connectivity index (χ2n) is 3.13. The highest BCUT2D eigenvalue weighted by Crippen LogP contribution is 2.13. The predicted molar refractivity (Wildman–Crippen MR) is 64.3 cm³/mol. The molecule has 5 nitrogen and oxygen atoms in total. The average molecular weight is 250 g/mol. The molecule has 0 saturated carbocycles. The fraction of sp³-hybridized carbons (Fsp3) is 0.700. The predicted octanol–water partition coefficient (Wildman–Crippen LogP) is 1.92. The Hall–Kier alpha value is -0.693. The Morgan fingerprint density at radius 2 is 1.56 bits per heavy atom. The molecule has 0 aliphatic heterocycles. The maximum atomic E-state index is 9.60. The van der Waals surface area contributed by atoms with Crippen LogP contribution in [0, 0.1) is 0 Å². The Balaban J connectivity index is 0. The summed E-state index contributed by atoms with van der Waals surface area (Å²) in [5.41, 5.74) is 0.176. The lowest BCUT2D eigenvalue weighted by Crippen LogP contribution is -2.42. The average Bonchev–Trinajstić information content (AvgIpc) is 2.27. The van der Waals surface area contributed by atoms with Crippen LogP contribution in [0.4, 0.5) is 0 Å². The van der Waals surface area contributed by atoms with Gasteiger partial charge in [-0.2, -0.15) is 0 Å². The molecule has 0 atom stereocenters. The van der Waals surface area contributed by atoms with E-state index in [4.69, 9.17) is 18.4 Å². The van der Waals surface area contributed by atoms with Gasteiger partial charge >= 0.3 is 14.8 Å². The Labute approximate surface area is 98.4 Å². The number of hydrogen-bond donors (Lipinski definition) is 1. The first-order valence-corrected chi connectivity index (χ1v) is 6.86. The molecule has 16 heavy (non-hydrogen) atoms. The molecule has 0 amide bonds. The first kappa shape index (κ1) is 17.7. The topological polar surface area (TPSA) is 65.0 Å². The van der Waals surface area contributed by atoms with E-state index in [1.54, 1.807) is 21.3 Å². The molecule has 0 aliphatic carbocycles. The second kappa shape index (κ2) is 9.53. The number of rotatable bonds is 6. The van der Waals surface area contributed by atoms with Crippen molar-refractivity contribution in [2.45, 2.75) is 26.3 Å². The van der Waals surface area contributed by atoms with E-state index < -0.39 is 14.8 Å². The Bertz CT molecular complexity index is 193. The SMILES string of the molecule is C=C(C)C(=O)O.CCC[Si](OC)(OC)OC. The zero-order chi connectivity index (χ0) is 13.2. The summed E-state index contributed by atoms with van der Waals surface area (Å²) in [6, 6.07) is 0.885. The minimum atomic E-state index is -2.22. The van der Waals surface area contributed by atoms with Gasteiger partial charge in [-0.15, -0.1) is 0 Å². The van der Waals surface area contributed by atoms with Gasteiger partial charge in [0.1, 0.15) is 0 Å². The minimum Gasteiger partial charge on any atom is -0.478 e. The van der Waals surface area contributed by atoms with Crippen molar-refractivity contribution in [3.63, 3.8) is 0 Å². The normalized spacial score (nSPS) is 10.3. The van der Waals surface area contributed by atoms with Crippen molar-refractivity contribution in [1.82, 2.24) is 0 Å². The van der Waals surface area contributed by atoms with Gasteiger partial charge < -0.3 is 18.4 Å². The maximum Gasteiger partial charge on any atom is 0.500 e. The van der Waals surface area contributed by atoms with Crippen LogP contribution in [0.25, 0.3) is 0 Å². The van der Waals surface area contributed by atoms with Crippen molar-refractivity contribution >= 4 is 14.8 Å².